The van der Waals surface area contributed by atoms with Gasteiger partial charge in [0.25, 0.3) is 5.91 Å². The molecule has 0 aliphatic heterocycles. The Labute approximate surface area is 131 Å². The summed E-state index contributed by atoms with van der Waals surface area (Å²) in [6.07, 6.45) is 0. The molecule has 0 spiro atoms. The van der Waals surface area contributed by atoms with Gasteiger partial charge < -0.3 is 9.47 Å². The molecule has 2 aromatic rings. The number of methoxy groups -OCH3 is 1. The molecule has 0 heterocycles. The number of nitrogens with one attached hydrogen (secondary N) is 1. The summed E-state index contributed by atoms with van der Waals surface area (Å²) in [5.41, 5.74) is 3.51. The molecule has 0 bridgehead atoms. The maximum atomic E-state index is 11.5. The molecule has 0 aromatic heterocycles. The summed E-state index contributed by atoms with van der Waals surface area (Å²) >= 11 is 3.41. The molecule has 0 aliphatic rings. The highest BCUT2D eigenvalue weighted by molar-refractivity contribution is 9.10. The minimum absolute atomic E-state index is 0.383. The Hall–Kier alpha value is -2.05. The lowest BCUT2D eigenvalue weighted by molar-refractivity contribution is 0.0953. The van der Waals surface area contributed by atoms with Gasteiger partial charge in [0, 0.05) is 10.0 Å². The summed E-state index contributed by atoms with van der Waals surface area (Å²) in [5, 5.41) is 0. The minimum Gasteiger partial charge on any atom is -0.493 e. The molecule has 1 amide bonds. The fourth-order valence-electron chi connectivity index (χ4n) is 1.80. The Balaban J connectivity index is 2.14. The molecule has 0 atom stereocenters. The van der Waals surface area contributed by atoms with Crippen LogP contribution in [0.25, 0.3) is 0 Å². The number of halogens is 1. The molecule has 5 nitrogen and oxygen atoms in total. The van der Waals surface area contributed by atoms with Crippen LogP contribution < -0.4 is 20.7 Å². The van der Waals surface area contributed by atoms with Crippen LogP contribution in [0.1, 0.15) is 15.9 Å². The molecular weight excluding hydrogens is 336 g/mol. The van der Waals surface area contributed by atoms with E-state index < -0.39 is 0 Å². The molecule has 0 saturated carbocycles. The van der Waals surface area contributed by atoms with Gasteiger partial charge in [0.2, 0.25) is 0 Å². The van der Waals surface area contributed by atoms with Gasteiger partial charge in [-0.25, -0.2) is 5.84 Å². The van der Waals surface area contributed by atoms with Gasteiger partial charge in [0.1, 0.15) is 6.61 Å². The third-order valence-corrected chi connectivity index (χ3v) is 3.33. The highest BCUT2D eigenvalue weighted by Crippen LogP contribution is 2.29. The molecule has 0 radical (unpaired) electrons. The molecule has 110 valence electrons. The van der Waals surface area contributed by atoms with Crippen molar-refractivity contribution < 1.29 is 14.3 Å². The van der Waals surface area contributed by atoms with Crippen LogP contribution in [0.3, 0.4) is 0 Å². The zero-order valence-electron chi connectivity index (χ0n) is 11.4. The van der Waals surface area contributed by atoms with Crippen molar-refractivity contribution >= 4 is 21.8 Å². The topological polar surface area (TPSA) is 73.6 Å². The Morgan fingerprint density at radius 1 is 1.24 bits per heavy atom. The zero-order valence-corrected chi connectivity index (χ0v) is 13.0. The van der Waals surface area contributed by atoms with E-state index in [4.69, 9.17) is 15.3 Å². The quantitative estimate of drug-likeness (QED) is 0.493. The summed E-state index contributed by atoms with van der Waals surface area (Å²) in [5.74, 6) is 5.76. The number of rotatable bonds is 5. The molecule has 2 rings (SSSR count). The maximum absolute atomic E-state index is 11.5. The van der Waals surface area contributed by atoms with Crippen molar-refractivity contribution in [2.45, 2.75) is 6.61 Å². The van der Waals surface area contributed by atoms with Crippen molar-refractivity contribution in [3.05, 3.63) is 58.1 Å². The Morgan fingerprint density at radius 2 is 2.05 bits per heavy atom. The lowest BCUT2D eigenvalue weighted by Crippen LogP contribution is -2.29. The van der Waals surface area contributed by atoms with Crippen molar-refractivity contribution in [2.75, 3.05) is 7.11 Å². The third-order valence-electron chi connectivity index (χ3n) is 2.84. The molecule has 21 heavy (non-hydrogen) atoms. The molecule has 2 aromatic carbocycles. The molecule has 0 fully saturated rings. The van der Waals surface area contributed by atoms with Gasteiger partial charge in [-0.05, 0) is 35.9 Å². The van der Waals surface area contributed by atoms with Crippen LogP contribution in [0.4, 0.5) is 0 Å². The van der Waals surface area contributed by atoms with E-state index in [2.05, 4.69) is 21.4 Å². The van der Waals surface area contributed by atoms with E-state index in [0.717, 1.165) is 10.0 Å². The van der Waals surface area contributed by atoms with Crippen molar-refractivity contribution in [3.8, 4) is 11.5 Å². The van der Waals surface area contributed by atoms with E-state index in [-0.39, 0.29) is 5.91 Å². The molecule has 0 saturated heterocycles. The van der Waals surface area contributed by atoms with E-state index in [1.807, 2.05) is 24.3 Å². The number of carbonyl (C=O) groups is 1. The van der Waals surface area contributed by atoms with Crippen LogP contribution in [0.2, 0.25) is 0 Å². The van der Waals surface area contributed by atoms with Gasteiger partial charge >= 0.3 is 0 Å². The first-order valence-corrected chi connectivity index (χ1v) is 6.99. The molecule has 3 N–H and O–H groups in total. The third kappa shape index (κ3) is 3.96. The normalized spacial score (nSPS) is 10.0. The number of hydrazine groups is 1. The molecule has 0 unspecified atom stereocenters. The number of ether oxygens (including phenoxy) is 2. The predicted octanol–water partition coefficient (Wildman–Crippen LogP) is 2.64. The second kappa shape index (κ2) is 7.10. The number of nitrogen functional groups attached to an aromatic ring is 1. The second-order valence-electron chi connectivity index (χ2n) is 4.26. The lowest BCUT2D eigenvalue weighted by Gasteiger charge is -2.12. The van der Waals surface area contributed by atoms with E-state index >= 15 is 0 Å². The van der Waals surface area contributed by atoms with E-state index in [1.54, 1.807) is 18.2 Å². The fraction of sp³-hybridized carbons (Fsp3) is 0.133. The SMILES string of the molecule is COc1cc(C(=O)NN)ccc1OCc1cccc(Br)c1. The van der Waals surface area contributed by atoms with Gasteiger partial charge in [-0.15, -0.1) is 0 Å². The lowest BCUT2D eigenvalue weighted by atomic mass is 10.2. The monoisotopic (exact) mass is 350 g/mol. The van der Waals surface area contributed by atoms with Crippen LogP contribution in [0.15, 0.2) is 46.9 Å². The first-order valence-electron chi connectivity index (χ1n) is 6.20. The van der Waals surface area contributed by atoms with E-state index in [1.165, 1.54) is 7.11 Å². The highest BCUT2D eigenvalue weighted by Gasteiger charge is 2.10. The average molecular weight is 351 g/mol. The van der Waals surface area contributed by atoms with Gasteiger partial charge in [0.05, 0.1) is 7.11 Å². The Kier molecular flexibility index (Phi) is 5.19. The Morgan fingerprint density at radius 3 is 2.71 bits per heavy atom. The van der Waals surface area contributed by atoms with Crippen LogP contribution in [-0.2, 0) is 6.61 Å². The molecule has 0 aliphatic carbocycles. The molecule has 6 heteroatoms. The Bertz CT molecular complexity index is 647. The largest absolute Gasteiger partial charge is 0.493 e. The number of benzene rings is 2. The van der Waals surface area contributed by atoms with Crippen LogP contribution in [0.5, 0.6) is 11.5 Å². The summed E-state index contributed by atoms with van der Waals surface area (Å²) < 4.78 is 12.0. The standard InChI is InChI=1S/C15H15BrN2O3/c1-20-14-8-11(15(19)18-17)5-6-13(14)21-9-10-3-2-4-12(16)7-10/h2-8H,9,17H2,1H3,(H,18,19). The summed E-state index contributed by atoms with van der Waals surface area (Å²) in [6, 6.07) is 12.7. The van der Waals surface area contributed by atoms with Crippen molar-refractivity contribution in [3.63, 3.8) is 0 Å². The number of carbonyl (C=O) groups excluding carboxylic acids is 1. The van der Waals surface area contributed by atoms with Crippen LogP contribution in [0, 0.1) is 0 Å². The number of amides is 1. The van der Waals surface area contributed by atoms with Crippen molar-refractivity contribution in [2.24, 2.45) is 5.84 Å². The average Bonchev–Trinajstić information content (AvgIpc) is 2.52. The van der Waals surface area contributed by atoms with Gasteiger partial charge in [0.15, 0.2) is 11.5 Å². The summed E-state index contributed by atoms with van der Waals surface area (Å²) in [4.78, 5) is 11.5. The van der Waals surface area contributed by atoms with Crippen molar-refractivity contribution in [1.82, 2.24) is 5.43 Å². The fourth-order valence-corrected chi connectivity index (χ4v) is 2.25. The van der Waals surface area contributed by atoms with Gasteiger partial charge in [-0.3, -0.25) is 10.2 Å². The smallest absolute Gasteiger partial charge is 0.265 e. The zero-order chi connectivity index (χ0) is 15.2. The number of hydrogen-bond acceptors (Lipinski definition) is 4. The second-order valence-corrected chi connectivity index (χ2v) is 5.17. The van der Waals surface area contributed by atoms with E-state index in [9.17, 15) is 4.79 Å². The number of hydrogen-bond donors (Lipinski definition) is 2. The molecular formula is C15H15BrN2O3. The highest BCUT2D eigenvalue weighted by atomic mass is 79.9. The van der Waals surface area contributed by atoms with Crippen molar-refractivity contribution in [1.29, 1.82) is 0 Å². The summed E-state index contributed by atoms with van der Waals surface area (Å²) in [7, 11) is 1.52. The van der Waals surface area contributed by atoms with E-state index in [0.29, 0.717) is 23.7 Å². The first kappa shape index (κ1) is 15.3. The maximum Gasteiger partial charge on any atom is 0.265 e. The van der Waals surface area contributed by atoms with Gasteiger partial charge in [-0.2, -0.15) is 0 Å². The summed E-state index contributed by atoms with van der Waals surface area (Å²) in [6.45, 7) is 0.401. The number of nitrogens with two attached hydrogens (primary N) is 1. The van der Waals surface area contributed by atoms with Crippen LogP contribution >= 0.6 is 15.9 Å². The first-order chi connectivity index (χ1) is 10.1. The predicted molar refractivity (Wildman–Crippen MR) is 83.1 cm³/mol. The van der Waals surface area contributed by atoms with Gasteiger partial charge in [-0.1, -0.05) is 28.1 Å². The van der Waals surface area contributed by atoms with Crippen LogP contribution in [-0.4, -0.2) is 13.0 Å². The minimum atomic E-state index is -0.383.